The number of methoxy groups -OCH3 is 1. The summed E-state index contributed by atoms with van der Waals surface area (Å²) in [5.41, 5.74) is 1.34. The number of hydrogen-bond donors (Lipinski definition) is 0. The highest BCUT2D eigenvalue weighted by atomic mass is 32.2. The Hall–Kier alpha value is -1.49. The quantitative estimate of drug-likeness (QED) is 0.572. The van der Waals surface area contributed by atoms with E-state index in [0.717, 1.165) is 6.26 Å². The summed E-state index contributed by atoms with van der Waals surface area (Å²) in [6, 6.07) is 3.37. The maximum Gasteiger partial charge on any atom is 0.194 e. The lowest BCUT2D eigenvalue weighted by atomic mass is 10.1. The molecule has 1 aromatic rings. The molecule has 0 aliphatic heterocycles. The second kappa shape index (κ2) is 6.61. The molecule has 0 fully saturated rings. The maximum absolute atomic E-state index is 11.6. The number of nitrogens with zero attached hydrogens (tertiary/aromatic N) is 2. The van der Waals surface area contributed by atoms with E-state index >= 15 is 0 Å². The third kappa shape index (κ3) is 3.99. The third-order valence-corrected chi connectivity index (χ3v) is 3.44. The Kier molecular flexibility index (Phi) is 5.42. The van der Waals surface area contributed by atoms with Crippen molar-refractivity contribution in [2.45, 2.75) is 25.0 Å². The molecular formula is C12H16N2O4S. The minimum Gasteiger partial charge on any atom is -0.359 e. The first kappa shape index (κ1) is 15.6. The van der Waals surface area contributed by atoms with Crippen molar-refractivity contribution < 1.29 is 17.9 Å². The van der Waals surface area contributed by atoms with Gasteiger partial charge >= 0.3 is 0 Å². The van der Waals surface area contributed by atoms with Crippen LogP contribution in [0.5, 0.6) is 0 Å². The van der Waals surface area contributed by atoms with E-state index < -0.39 is 9.84 Å². The Bertz CT molecular complexity index is 590. The van der Waals surface area contributed by atoms with Crippen molar-refractivity contribution >= 4 is 9.84 Å². The molecule has 0 saturated carbocycles. The summed E-state index contributed by atoms with van der Waals surface area (Å²) in [7, 11) is -2.01. The van der Waals surface area contributed by atoms with Crippen LogP contribution in [0.3, 0.4) is 0 Å². The topological polar surface area (TPSA) is 89.3 Å². The summed E-state index contributed by atoms with van der Waals surface area (Å²) in [5, 5.41) is 8.84. The third-order valence-electron chi connectivity index (χ3n) is 2.42. The van der Waals surface area contributed by atoms with Crippen molar-refractivity contribution in [2.24, 2.45) is 0 Å². The fourth-order valence-corrected chi connectivity index (χ4v) is 2.38. The number of sulfone groups is 1. The van der Waals surface area contributed by atoms with Crippen LogP contribution in [0.1, 0.15) is 23.7 Å². The molecule has 0 radical (unpaired) electrons. The van der Waals surface area contributed by atoms with Crippen molar-refractivity contribution in [3.63, 3.8) is 0 Å². The van der Waals surface area contributed by atoms with E-state index in [9.17, 15) is 8.42 Å². The Morgan fingerprint density at radius 1 is 1.47 bits per heavy atom. The fourth-order valence-electron chi connectivity index (χ4n) is 1.60. The molecule has 1 rings (SSSR count). The van der Waals surface area contributed by atoms with E-state index in [1.165, 1.54) is 13.2 Å². The predicted molar refractivity (Wildman–Crippen MR) is 68.1 cm³/mol. The SMILES string of the molecule is CCc1nc(S(C)(=O)=O)c(C#N)cc1COCOC. The molecule has 7 heteroatoms. The van der Waals surface area contributed by atoms with E-state index in [4.69, 9.17) is 14.7 Å². The van der Waals surface area contributed by atoms with Crippen molar-refractivity contribution in [1.29, 1.82) is 5.26 Å². The Balaban J connectivity index is 3.25. The van der Waals surface area contributed by atoms with E-state index in [0.29, 0.717) is 17.7 Å². The molecule has 0 aromatic carbocycles. The van der Waals surface area contributed by atoms with Gasteiger partial charge in [-0.05, 0) is 12.5 Å². The first-order chi connectivity index (χ1) is 8.93. The van der Waals surface area contributed by atoms with E-state index in [2.05, 4.69) is 4.98 Å². The van der Waals surface area contributed by atoms with Crippen molar-refractivity contribution in [2.75, 3.05) is 20.2 Å². The zero-order valence-corrected chi connectivity index (χ0v) is 12.0. The lowest BCUT2D eigenvalue weighted by Crippen LogP contribution is -2.10. The number of rotatable bonds is 6. The smallest absolute Gasteiger partial charge is 0.194 e. The summed E-state index contributed by atoms with van der Waals surface area (Å²) in [5.74, 6) is 0. The highest BCUT2D eigenvalue weighted by molar-refractivity contribution is 7.90. The number of ether oxygens (including phenoxy) is 2. The van der Waals surface area contributed by atoms with Crippen LogP contribution in [0.2, 0.25) is 0 Å². The van der Waals surface area contributed by atoms with E-state index in [-0.39, 0.29) is 24.0 Å². The van der Waals surface area contributed by atoms with Crippen LogP contribution in [0.15, 0.2) is 11.1 Å². The van der Waals surface area contributed by atoms with Gasteiger partial charge in [0.1, 0.15) is 12.9 Å². The first-order valence-corrected chi connectivity index (χ1v) is 7.52. The summed E-state index contributed by atoms with van der Waals surface area (Å²) in [4.78, 5) is 4.08. The zero-order chi connectivity index (χ0) is 14.5. The first-order valence-electron chi connectivity index (χ1n) is 5.63. The molecule has 1 heterocycles. The fraction of sp³-hybridized carbons (Fsp3) is 0.500. The van der Waals surface area contributed by atoms with Crippen LogP contribution in [-0.4, -0.2) is 33.6 Å². The Morgan fingerprint density at radius 3 is 2.63 bits per heavy atom. The normalized spacial score (nSPS) is 11.3. The van der Waals surface area contributed by atoms with Gasteiger partial charge in [0, 0.05) is 24.6 Å². The van der Waals surface area contributed by atoms with Gasteiger partial charge in [-0.15, -0.1) is 0 Å². The molecule has 6 nitrogen and oxygen atoms in total. The van der Waals surface area contributed by atoms with Crippen LogP contribution >= 0.6 is 0 Å². The average molecular weight is 284 g/mol. The predicted octanol–water partition coefficient (Wildman–Crippen LogP) is 1.04. The molecule has 0 unspecified atom stereocenters. The van der Waals surface area contributed by atoms with Gasteiger partial charge in [-0.25, -0.2) is 13.4 Å². The monoisotopic (exact) mass is 284 g/mol. The average Bonchev–Trinajstić information content (AvgIpc) is 2.37. The minimum absolute atomic E-state index is 0.0377. The molecule has 0 aliphatic rings. The number of aromatic nitrogens is 1. The molecule has 0 bridgehead atoms. The number of aryl methyl sites for hydroxylation is 1. The van der Waals surface area contributed by atoms with Crippen LogP contribution < -0.4 is 0 Å². The number of nitriles is 1. The van der Waals surface area contributed by atoms with Crippen molar-refractivity contribution in [3.05, 3.63) is 22.9 Å². The maximum atomic E-state index is 11.6. The van der Waals surface area contributed by atoms with Crippen molar-refractivity contribution in [3.8, 4) is 6.07 Å². The highest BCUT2D eigenvalue weighted by Crippen LogP contribution is 2.18. The molecular weight excluding hydrogens is 268 g/mol. The molecule has 0 spiro atoms. The summed E-state index contributed by atoms with van der Waals surface area (Å²) < 4.78 is 33.2. The van der Waals surface area contributed by atoms with Crippen molar-refractivity contribution in [1.82, 2.24) is 4.98 Å². The van der Waals surface area contributed by atoms with Crippen LogP contribution in [0.25, 0.3) is 0 Å². The molecule has 104 valence electrons. The standard InChI is InChI=1S/C12H16N2O4S/c1-4-11-10(7-18-8-17-2)5-9(6-13)12(14-11)19(3,15)16/h5H,4,7-8H2,1-3H3. The largest absolute Gasteiger partial charge is 0.359 e. The van der Waals surface area contributed by atoms with Crippen LogP contribution in [0, 0.1) is 11.3 Å². The molecule has 0 saturated heterocycles. The summed E-state index contributed by atoms with van der Waals surface area (Å²) in [6.07, 6.45) is 1.59. The van der Waals surface area contributed by atoms with Gasteiger partial charge in [0.15, 0.2) is 14.9 Å². The summed E-state index contributed by atoms with van der Waals surface area (Å²) in [6.45, 7) is 2.21. The lowest BCUT2D eigenvalue weighted by Gasteiger charge is -2.10. The molecule has 0 amide bonds. The van der Waals surface area contributed by atoms with Gasteiger partial charge < -0.3 is 9.47 Å². The minimum atomic E-state index is -3.52. The van der Waals surface area contributed by atoms with Gasteiger partial charge in [0.25, 0.3) is 0 Å². The van der Waals surface area contributed by atoms with Crippen LogP contribution in [-0.2, 0) is 32.3 Å². The Morgan fingerprint density at radius 2 is 2.16 bits per heavy atom. The molecule has 19 heavy (non-hydrogen) atoms. The van der Waals surface area contributed by atoms with E-state index in [1.807, 2.05) is 13.0 Å². The molecule has 0 aliphatic carbocycles. The second-order valence-corrected chi connectivity index (χ2v) is 5.87. The zero-order valence-electron chi connectivity index (χ0n) is 11.1. The van der Waals surface area contributed by atoms with Gasteiger partial charge in [0.05, 0.1) is 12.2 Å². The van der Waals surface area contributed by atoms with Gasteiger partial charge in [-0.1, -0.05) is 6.92 Å². The number of hydrogen-bond acceptors (Lipinski definition) is 6. The van der Waals surface area contributed by atoms with Gasteiger partial charge in [-0.3, -0.25) is 0 Å². The molecule has 1 aromatic heterocycles. The molecule has 0 atom stereocenters. The van der Waals surface area contributed by atoms with Crippen LogP contribution in [0.4, 0.5) is 0 Å². The van der Waals surface area contributed by atoms with E-state index in [1.54, 1.807) is 0 Å². The second-order valence-electron chi connectivity index (χ2n) is 3.94. The molecule has 0 N–H and O–H groups in total. The van der Waals surface area contributed by atoms with Gasteiger partial charge in [0.2, 0.25) is 0 Å². The lowest BCUT2D eigenvalue weighted by molar-refractivity contribution is -0.0393. The number of pyridine rings is 1. The van der Waals surface area contributed by atoms with Gasteiger partial charge in [-0.2, -0.15) is 5.26 Å². The summed E-state index contributed by atoms with van der Waals surface area (Å²) >= 11 is 0. The highest BCUT2D eigenvalue weighted by Gasteiger charge is 2.18. The Labute approximate surface area is 112 Å².